The van der Waals surface area contributed by atoms with Crippen LogP contribution in [0.4, 0.5) is 0 Å². The summed E-state index contributed by atoms with van der Waals surface area (Å²) in [5.74, 6) is 0. The van der Waals surface area contributed by atoms with Crippen molar-refractivity contribution in [2.45, 2.75) is 24.3 Å². The molecule has 0 radical (unpaired) electrons. The Balaban J connectivity index is 2.74. The number of hydrogen-bond acceptors (Lipinski definition) is 4. The lowest BCUT2D eigenvalue weighted by Crippen LogP contribution is -2.35. The van der Waals surface area contributed by atoms with Gasteiger partial charge in [0.05, 0.1) is 5.02 Å². The number of sulfonamides is 1. The standard InChI is InChI=1S/C11H18ClN3O2S/c1-9(5-7-15(2)3)14-18(16,17)11-8-13-6-4-10(11)12/h4,6,8-9,14H,5,7H2,1-3H3. The van der Waals surface area contributed by atoms with E-state index in [9.17, 15) is 8.42 Å². The molecule has 0 aliphatic rings. The van der Waals surface area contributed by atoms with Crippen LogP contribution in [0.3, 0.4) is 0 Å². The Morgan fingerprint density at radius 3 is 2.72 bits per heavy atom. The minimum atomic E-state index is -3.60. The maximum atomic E-state index is 12.1. The van der Waals surface area contributed by atoms with Crippen LogP contribution >= 0.6 is 11.6 Å². The Morgan fingerprint density at radius 2 is 2.17 bits per heavy atom. The van der Waals surface area contributed by atoms with Crippen molar-refractivity contribution in [1.29, 1.82) is 0 Å². The molecule has 1 aromatic rings. The van der Waals surface area contributed by atoms with Gasteiger partial charge < -0.3 is 4.90 Å². The first kappa shape index (κ1) is 15.4. The van der Waals surface area contributed by atoms with Gasteiger partial charge in [0.15, 0.2) is 0 Å². The van der Waals surface area contributed by atoms with Crippen molar-refractivity contribution in [1.82, 2.24) is 14.6 Å². The van der Waals surface area contributed by atoms with Crippen molar-refractivity contribution in [2.24, 2.45) is 0 Å². The van der Waals surface area contributed by atoms with Gasteiger partial charge in [-0.2, -0.15) is 0 Å². The summed E-state index contributed by atoms with van der Waals surface area (Å²) >= 11 is 5.85. The van der Waals surface area contributed by atoms with Crippen molar-refractivity contribution in [3.05, 3.63) is 23.5 Å². The molecule has 1 aromatic heterocycles. The van der Waals surface area contributed by atoms with Gasteiger partial charge in [-0.1, -0.05) is 11.6 Å². The summed E-state index contributed by atoms with van der Waals surface area (Å²) < 4.78 is 26.7. The van der Waals surface area contributed by atoms with Gasteiger partial charge in [-0.05, 0) is 40.1 Å². The average molecular weight is 292 g/mol. The molecular weight excluding hydrogens is 274 g/mol. The molecular formula is C11H18ClN3O2S. The highest BCUT2D eigenvalue weighted by Gasteiger charge is 2.20. The molecule has 0 bridgehead atoms. The molecule has 1 N–H and O–H groups in total. The summed E-state index contributed by atoms with van der Waals surface area (Å²) in [4.78, 5) is 5.80. The molecule has 18 heavy (non-hydrogen) atoms. The Morgan fingerprint density at radius 1 is 1.50 bits per heavy atom. The topological polar surface area (TPSA) is 62.3 Å². The highest BCUT2D eigenvalue weighted by Crippen LogP contribution is 2.19. The fraction of sp³-hybridized carbons (Fsp3) is 0.545. The molecule has 1 unspecified atom stereocenters. The first-order valence-corrected chi connectivity index (χ1v) is 7.45. The predicted octanol–water partition coefficient (Wildman–Crippen LogP) is 1.35. The third-order valence-corrected chi connectivity index (χ3v) is 4.45. The van der Waals surface area contributed by atoms with Crippen molar-refractivity contribution in [3.63, 3.8) is 0 Å². The Bertz CT molecular complexity index is 491. The fourth-order valence-corrected chi connectivity index (χ4v) is 3.11. The van der Waals surface area contributed by atoms with Gasteiger partial charge in [-0.15, -0.1) is 0 Å². The number of nitrogens with zero attached hydrogens (tertiary/aromatic N) is 2. The molecule has 0 aromatic carbocycles. The summed E-state index contributed by atoms with van der Waals surface area (Å²) in [5.41, 5.74) is 0. The lowest BCUT2D eigenvalue weighted by molar-refractivity contribution is 0.379. The second-order valence-electron chi connectivity index (χ2n) is 4.42. The van der Waals surface area contributed by atoms with Crippen molar-refractivity contribution in [3.8, 4) is 0 Å². The van der Waals surface area contributed by atoms with Crippen LogP contribution in [0.2, 0.25) is 5.02 Å². The Labute approximate surface area is 113 Å². The third kappa shape index (κ3) is 4.53. The van der Waals surface area contributed by atoms with Gasteiger partial charge in [-0.3, -0.25) is 4.98 Å². The fourth-order valence-electron chi connectivity index (χ4n) is 1.40. The van der Waals surface area contributed by atoms with Crippen LogP contribution in [0.1, 0.15) is 13.3 Å². The van der Waals surface area contributed by atoms with Crippen LogP contribution in [-0.2, 0) is 10.0 Å². The van der Waals surface area contributed by atoms with Gasteiger partial charge >= 0.3 is 0 Å². The largest absolute Gasteiger partial charge is 0.309 e. The summed E-state index contributed by atoms with van der Waals surface area (Å²) in [5, 5.41) is 0.178. The van der Waals surface area contributed by atoms with E-state index in [1.807, 2.05) is 25.9 Å². The number of hydrogen-bond donors (Lipinski definition) is 1. The first-order valence-electron chi connectivity index (χ1n) is 5.59. The van der Waals surface area contributed by atoms with Crippen molar-refractivity contribution >= 4 is 21.6 Å². The molecule has 7 heteroatoms. The SMILES string of the molecule is CC(CCN(C)C)NS(=O)(=O)c1cnccc1Cl. The summed E-state index contributed by atoms with van der Waals surface area (Å²) in [6.45, 7) is 2.63. The maximum Gasteiger partial charge on any atom is 0.243 e. The molecule has 102 valence electrons. The molecule has 0 amide bonds. The maximum absolute atomic E-state index is 12.1. The molecule has 1 rings (SSSR count). The van der Waals surface area contributed by atoms with Gasteiger partial charge in [0.2, 0.25) is 10.0 Å². The van der Waals surface area contributed by atoms with E-state index >= 15 is 0 Å². The lowest BCUT2D eigenvalue weighted by Gasteiger charge is -2.17. The van der Waals surface area contributed by atoms with E-state index in [1.54, 1.807) is 0 Å². The molecule has 0 spiro atoms. The summed E-state index contributed by atoms with van der Waals surface area (Å²) in [6, 6.07) is 1.30. The number of halogens is 1. The minimum absolute atomic E-state index is 0.0170. The Hall–Kier alpha value is -0.690. The second kappa shape index (κ2) is 6.47. The van der Waals surface area contributed by atoms with Gasteiger partial charge in [0, 0.05) is 18.4 Å². The Kier molecular flexibility index (Phi) is 5.52. The molecule has 0 saturated heterocycles. The minimum Gasteiger partial charge on any atom is -0.309 e. The van der Waals surface area contributed by atoms with E-state index in [2.05, 4.69) is 9.71 Å². The zero-order chi connectivity index (χ0) is 13.8. The van der Waals surface area contributed by atoms with Crippen LogP contribution < -0.4 is 4.72 Å². The molecule has 0 fully saturated rings. The molecule has 0 saturated carbocycles. The zero-order valence-electron chi connectivity index (χ0n) is 10.7. The molecule has 1 heterocycles. The molecule has 0 aliphatic carbocycles. The summed E-state index contributed by atoms with van der Waals surface area (Å²) in [7, 11) is 0.286. The van der Waals surface area contributed by atoms with Gasteiger partial charge in [-0.25, -0.2) is 13.1 Å². The molecule has 5 nitrogen and oxygen atoms in total. The van der Waals surface area contributed by atoms with Crippen molar-refractivity contribution < 1.29 is 8.42 Å². The molecule has 1 atom stereocenters. The van der Waals surface area contributed by atoms with E-state index in [-0.39, 0.29) is 16.0 Å². The van der Waals surface area contributed by atoms with E-state index in [0.717, 1.165) is 13.0 Å². The van der Waals surface area contributed by atoms with Crippen LogP contribution in [0.15, 0.2) is 23.4 Å². The molecule has 0 aliphatic heterocycles. The smallest absolute Gasteiger partial charge is 0.243 e. The van der Waals surface area contributed by atoms with Crippen LogP contribution in [-0.4, -0.2) is 45.0 Å². The summed E-state index contributed by atoms with van der Waals surface area (Å²) in [6.07, 6.45) is 3.43. The van der Waals surface area contributed by atoms with E-state index in [1.165, 1.54) is 18.5 Å². The lowest BCUT2D eigenvalue weighted by atomic mass is 10.2. The normalized spacial score (nSPS) is 13.8. The van der Waals surface area contributed by atoms with E-state index < -0.39 is 10.0 Å². The average Bonchev–Trinajstić information content (AvgIpc) is 2.26. The highest BCUT2D eigenvalue weighted by atomic mass is 35.5. The van der Waals surface area contributed by atoms with E-state index in [4.69, 9.17) is 11.6 Å². The first-order chi connectivity index (χ1) is 8.33. The number of pyridine rings is 1. The number of aromatic nitrogens is 1. The second-order valence-corrected chi connectivity index (χ2v) is 6.51. The highest BCUT2D eigenvalue weighted by molar-refractivity contribution is 7.89. The van der Waals surface area contributed by atoms with Gasteiger partial charge in [0.25, 0.3) is 0 Å². The monoisotopic (exact) mass is 291 g/mol. The van der Waals surface area contributed by atoms with E-state index in [0.29, 0.717) is 0 Å². The van der Waals surface area contributed by atoms with Crippen LogP contribution in [0.25, 0.3) is 0 Å². The quantitative estimate of drug-likeness (QED) is 0.859. The third-order valence-electron chi connectivity index (χ3n) is 2.39. The van der Waals surface area contributed by atoms with Gasteiger partial charge in [0.1, 0.15) is 4.90 Å². The number of nitrogens with one attached hydrogen (secondary N) is 1. The van der Waals surface area contributed by atoms with Crippen LogP contribution in [0.5, 0.6) is 0 Å². The predicted molar refractivity (Wildman–Crippen MR) is 72.2 cm³/mol. The number of rotatable bonds is 6. The van der Waals surface area contributed by atoms with Crippen molar-refractivity contribution in [2.75, 3.05) is 20.6 Å². The van der Waals surface area contributed by atoms with Crippen LogP contribution in [0, 0.1) is 0 Å². The zero-order valence-corrected chi connectivity index (χ0v) is 12.3.